The van der Waals surface area contributed by atoms with Gasteiger partial charge in [-0.3, -0.25) is 4.79 Å². The minimum absolute atomic E-state index is 0.0518. The average molecular weight is 272 g/mol. The molecule has 106 valence electrons. The molecule has 4 nitrogen and oxygen atoms in total. The van der Waals surface area contributed by atoms with Gasteiger partial charge in [0.2, 0.25) is 5.91 Å². The van der Waals surface area contributed by atoms with E-state index in [-0.39, 0.29) is 17.9 Å². The molecule has 1 saturated heterocycles. The van der Waals surface area contributed by atoms with Crippen molar-refractivity contribution in [2.24, 2.45) is 0 Å². The van der Waals surface area contributed by atoms with Gasteiger partial charge in [0.15, 0.2) is 0 Å². The molecule has 1 fully saturated rings. The van der Waals surface area contributed by atoms with Gasteiger partial charge < -0.3 is 15.1 Å². The molecule has 2 aromatic rings. The predicted molar refractivity (Wildman–Crippen MR) is 78.7 cm³/mol. The first-order valence-electron chi connectivity index (χ1n) is 7.23. The zero-order chi connectivity index (χ0) is 13.9. The number of rotatable bonds is 3. The molecule has 0 radical (unpaired) electrons. The zero-order valence-corrected chi connectivity index (χ0v) is 11.7. The Morgan fingerprint density at radius 1 is 1.35 bits per heavy atom. The number of hydrogen-bond acceptors (Lipinski definition) is 3. The van der Waals surface area contributed by atoms with E-state index in [0.717, 1.165) is 42.7 Å². The van der Waals surface area contributed by atoms with Gasteiger partial charge in [-0.05, 0) is 45.0 Å². The van der Waals surface area contributed by atoms with Gasteiger partial charge in [0.1, 0.15) is 11.3 Å². The number of carbonyl (C=O) groups is 1. The average Bonchev–Trinajstić information content (AvgIpc) is 2.91. The maximum atomic E-state index is 12.3. The van der Waals surface area contributed by atoms with Crippen LogP contribution in [0.1, 0.15) is 31.4 Å². The van der Waals surface area contributed by atoms with Gasteiger partial charge in [0, 0.05) is 11.4 Å². The van der Waals surface area contributed by atoms with Crippen LogP contribution in [-0.4, -0.2) is 25.0 Å². The second-order valence-electron chi connectivity index (χ2n) is 5.44. The molecule has 2 N–H and O–H groups in total. The number of benzene rings is 1. The fourth-order valence-electron chi connectivity index (χ4n) is 2.64. The first-order valence-corrected chi connectivity index (χ1v) is 7.23. The van der Waals surface area contributed by atoms with Crippen molar-refractivity contribution in [1.29, 1.82) is 0 Å². The summed E-state index contributed by atoms with van der Waals surface area (Å²) in [4.78, 5) is 12.3. The van der Waals surface area contributed by atoms with Crippen molar-refractivity contribution in [1.82, 2.24) is 10.6 Å². The summed E-state index contributed by atoms with van der Waals surface area (Å²) in [5, 5.41) is 7.46. The molecule has 1 aliphatic heterocycles. The molecule has 2 heterocycles. The summed E-state index contributed by atoms with van der Waals surface area (Å²) in [6, 6.07) is 10.1. The largest absolute Gasteiger partial charge is 0.460 e. The molecule has 1 aromatic carbocycles. The van der Waals surface area contributed by atoms with E-state index in [1.165, 1.54) is 0 Å². The van der Waals surface area contributed by atoms with E-state index >= 15 is 0 Å². The molecule has 1 aromatic heterocycles. The van der Waals surface area contributed by atoms with Crippen molar-refractivity contribution in [3.8, 4) is 0 Å². The van der Waals surface area contributed by atoms with Crippen LogP contribution >= 0.6 is 0 Å². The molecule has 0 bridgehead atoms. The molecule has 0 aliphatic carbocycles. The van der Waals surface area contributed by atoms with E-state index in [1.807, 2.05) is 37.3 Å². The van der Waals surface area contributed by atoms with E-state index < -0.39 is 0 Å². The Hall–Kier alpha value is -1.81. The number of amides is 1. The van der Waals surface area contributed by atoms with Gasteiger partial charge in [0.25, 0.3) is 0 Å². The Morgan fingerprint density at radius 2 is 2.10 bits per heavy atom. The van der Waals surface area contributed by atoms with E-state index in [2.05, 4.69) is 10.6 Å². The van der Waals surface area contributed by atoms with Gasteiger partial charge in [-0.25, -0.2) is 0 Å². The van der Waals surface area contributed by atoms with Crippen LogP contribution in [0.15, 0.2) is 34.7 Å². The third-order valence-corrected chi connectivity index (χ3v) is 3.95. The predicted octanol–water partition coefficient (Wildman–Crippen LogP) is 2.40. The van der Waals surface area contributed by atoms with E-state index in [4.69, 9.17) is 4.42 Å². The van der Waals surface area contributed by atoms with Crippen molar-refractivity contribution in [3.63, 3.8) is 0 Å². The molecular formula is C16H20N2O2. The summed E-state index contributed by atoms with van der Waals surface area (Å²) in [6.07, 6.45) is 2.00. The molecule has 3 rings (SSSR count). The fourth-order valence-corrected chi connectivity index (χ4v) is 2.64. The first-order chi connectivity index (χ1) is 9.74. The SMILES string of the molecule is CC(C(=O)NC1CCNCC1)c1cc2ccccc2o1. The Balaban J connectivity index is 1.70. The van der Waals surface area contributed by atoms with E-state index in [0.29, 0.717) is 0 Å². The molecule has 1 atom stereocenters. The lowest BCUT2D eigenvalue weighted by Gasteiger charge is -2.24. The molecule has 4 heteroatoms. The van der Waals surface area contributed by atoms with Crippen LogP contribution in [0.3, 0.4) is 0 Å². The molecule has 1 aliphatic rings. The summed E-state index contributed by atoms with van der Waals surface area (Å²) in [6.45, 7) is 3.85. The van der Waals surface area contributed by atoms with Gasteiger partial charge in [-0.1, -0.05) is 18.2 Å². The third-order valence-electron chi connectivity index (χ3n) is 3.95. The molecule has 0 spiro atoms. The smallest absolute Gasteiger partial charge is 0.230 e. The van der Waals surface area contributed by atoms with Crippen LogP contribution in [-0.2, 0) is 4.79 Å². The number of fused-ring (bicyclic) bond motifs is 1. The second kappa shape index (κ2) is 5.67. The standard InChI is InChI=1S/C16H20N2O2/c1-11(16(19)18-13-6-8-17-9-7-13)15-10-12-4-2-3-5-14(12)20-15/h2-5,10-11,13,17H,6-9H2,1H3,(H,18,19). The van der Waals surface area contributed by atoms with E-state index in [1.54, 1.807) is 0 Å². The topological polar surface area (TPSA) is 54.3 Å². The minimum Gasteiger partial charge on any atom is -0.460 e. The molecule has 0 saturated carbocycles. The third kappa shape index (κ3) is 2.70. The van der Waals surface area contributed by atoms with Crippen LogP contribution < -0.4 is 10.6 Å². The van der Waals surface area contributed by atoms with Gasteiger partial charge in [0.05, 0.1) is 5.92 Å². The Kier molecular flexibility index (Phi) is 3.74. The van der Waals surface area contributed by atoms with Crippen LogP contribution in [0.25, 0.3) is 11.0 Å². The lowest BCUT2D eigenvalue weighted by atomic mass is 10.0. The molecular weight excluding hydrogens is 252 g/mol. The highest BCUT2D eigenvalue weighted by molar-refractivity contribution is 5.85. The summed E-state index contributed by atoms with van der Waals surface area (Å²) < 4.78 is 5.77. The highest BCUT2D eigenvalue weighted by Gasteiger charge is 2.23. The van der Waals surface area contributed by atoms with Crippen molar-refractivity contribution in [2.45, 2.75) is 31.7 Å². The second-order valence-corrected chi connectivity index (χ2v) is 5.44. The lowest BCUT2D eigenvalue weighted by molar-refractivity contribution is -0.123. The number of hydrogen-bond donors (Lipinski definition) is 2. The highest BCUT2D eigenvalue weighted by atomic mass is 16.3. The van der Waals surface area contributed by atoms with Crippen LogP contribution in [0.4, 0.5) is 0 Å². The monoisotopic (exact) mass is 272 g/mol. The number of carbonyl (C=O) groups excluding carboxylic acids is 1. The quantitative estimate of drug-likeness (QED) is 0.902. The molecule has 1 amide bonds. The summed E-state index contributed by atoms with van der Waals surface area (Å²) in [7, 11) is 0. The normalized spacial score (nSPS) is 18.1. The summed E-state index contributed by atoms with van der Waals surface area (Å²) in [5.41, 5.74) is 0.837. The molecule has 20 heavy (non-hydrogen) atoms. The lowest BCUT2D eigenvalue weighted by Crippen LogP contribution is -2.44. The molecule has 1 unspecified atom stereocenters. The number of piperidine rings is 1. The van der Waals surface area contributed by atoms with Crippen molar-refractivity contribution >= 4 is 16.9 Å². The fraction of sp³-hybridized carbons (Fsp3) is 0.438. The Bertz CT molecular complexity index is 566. The maximum absolute atomic E-state index is 12.3. The summed E-state index contributed by atoms with van der Waals surface area (Å²) in [5.74, 6) is 0.533. The van der Waals surface area contributed by atoms with Crippen LogP contribution in [0.2, 0.25) is 0 Å². The maximum Gasteiger partial charge on any atom is 0.230 e. The summed E-state index contributed by atoms with van der Waals surface area (Å²) >= 11 is 0. The van der Waals surface area contributed by atoms with Gasteiger partial charge in [-0.2, -0.15) is 0 Å². The van der Waals surface area contributed by atoms with E-state index in [9.17, 15) is 4.79 Å². The Labute approximate surface area is 118 Å². The van der Waals surface area contributed by atoms with Gasteiger partial charge >= 0.3 is 0 Å². The number of para-hydroxylation sites is 1. The van der Waals surface area contributed by atoms with Crippen molar-refractivity contribution < 1.29 is 9.21 Å². The van der Waals surface area contributed by atoms with Crippen LogP contribution in [0, 0.1) is 0 Å². The minimum atomic E-state index is -0.253. The van der Waals surface area contributed by atoms with Crippen molar-refractivity contribution in [2.75, 3.05) is 13.1 Å². The zero-order valence-electron chi connectivity index (χ0n) is 11.7. The first kappa shape index (κ1) is 13.2. The highest BCUT2D eigenvalue weighted by Crippen LogP contribution is 2.25. The van der Waals surface area contributed by atoms with Crippen molar-refractivity contribution in [3.05, 3.63) is 36.1 Å². The van der Waals surface area contributed by atoms with Gasteiger partial charge in [-0.15, -0.1) is 0 Å². The Morgan fingerprint density at radius 3 is 2.85 bits per heavy atom. The number of nitrogens with one attached hydrogen (secondary N) is 2. The van der Waals surface area contributed by atoms with Crippen LogP contribution in [0.5, 0.6) is 0 Å². The number of furan rings is 1.